The van der Waals surface area contributed by atoms with Gasteiger partial charge < -0.3 is 4.90 Å². The van der Waals surface area contributed by atoms with Gasteiger partial charge in [0.15, 0.2) is 15.0 Å². The lowest BCUT2D eigenvalue weighted by Gasteiger charge is -2.24. The Kier molecular flexibility index (Phi) is 10.3. The molecule has 0 fully saturated rings. The fourth-order valence-corrected chi connectivity index (χ4v) is 6.17. The van der Waals surface area contributed by atoms with E-state index in [2.05, 4.69) is 37.8 Å². The zero-order valence-corrected chi connectivity index (χ0v) is 23.8. The number of benzene rings is 2. The molecule has 0 aliphatic carbocycles. The zero-order chi connectivity index (χ0) is 25.0. The van der Waals surface area contributed by atoms with Crippen LogP contribution >= 0.6 is 23.7 Å². The number of halogens is 1. The third-order valence-corrected chi connectivity index (χ3v) is 9.31. The molecule has 0 spiro atoms. The maximum absolute atomic E-state index is 13.5. The molecule has 35 heavy (non-hydrogen) atoms. The maximum atomic E-state index is 13.5. The molecule has 3 rings (SSSR count). The zero-order valence-electron chi connectivity index (χ0n) is 21.4. The summed E-state index contributed by atoms with van der Waals surface area (Å²) < 4.78 is 25.9. The predicted octanol–water partition coefficient (Wildman–Crippen LogP) is 5.43. The molecule has 0 aliphatic heterocycles. The first kappa shape index (κ1) is 29.2. The summed E-state index contributed by atoms with van der Waals surface area (Å²) in [5, 5.41) is 0.224. The van der Waals surface area contributed by atoms with E-state index in [4.69, 9.17) is 4.98 Å². The minimum Gasteiger partial charge on any atom is -0.302 e. The maximum Gasteiger partial charge on any atom is 0.233 e. The van der Waals surface area contributed by atoms with Crippen molar-refractivity contribution in [1.29, 1.82) is 0 Å². The van der Waals surface area contributed by atoms with Crippen molar-refractivity contribution in [2.75, 3.05) is 31.1 Å². The van der Waals surface area contributed by atoms with E-state index in [1.807, 2.05) is 6.92 Å². The standard InChI is InChI=1S/C26H35N3O3S2.ClH/c1-7-28(8-2)13-14-29(26-27-25-20(6)15-19(5)16-23(25)33-26)24(30)17-21-9-11-22(12-10-21)34(31,32)18(3)4;/h9-12,15-16,18H,7-8,13-14,17H2,1-6H3;1H. The largest absolute Gasteiger partial charge is 0.302 e. The molecule has 6 nitrogen and oxygen atoms in total. The molecular weight excluding hydrogens is 502 g/mol. The summed E-state index contributed by atoms with van der Waals surface area (Å²) in [5.74, 6) is -0.0416. The number of likely N-dealkylation sites (N-methyl/N-ethyl adjacent to an activating group) is 1. The molecule has 0 aliphatic rings. The van der Waals surface area contributed by atoms with Gasteiger partial charge in [0, 0.05) is 13.1 Å². The highest BCUT2D eigenvalue weighted by molar-refractivity contribution is 7.92. The van der Waals surface area contributed by atoms with Crippen LogP contribution in [0.25, 0.3) is 10.2 Å². The smallest absolute Gasteiger partial charge is 0.233 e. The molecule has 0 saturated carbocycles. The second-order valence-corrected chi connectivity index (χ2v) is 12.4. The molecule has 0 saturated heterocycles. The van der Waals surface area contributed by atoms with E-state index in [0.717, 1.165) is 41.0 Å². The summed E-state index contributed by atoms with van der Waals surface area (Å²) >= 11 is 1.54. The average molecular weight is 538 g/mol. The van der Waals surface area contributed by atoms with Gasteiger partial charge in [-0.05, 0) is 75.7 Å². The Hall–Kier alpha value is -2.00. The average Bonchev–Trinajstić information content (AvgIpc) is 3.21. The highest BCUT2D eigenvalue weighted by Gasteiger charge is 2.23. The van der Waals surface area contributed by atoms with Gasteiger partial charge >= 0.3 is 0 Å². The molecule has 1 heterocycles. The van der Waals surface area contributed by atoms with Crippen molar-refractivity contribution in [1.82, 2.24) is 9.88 Å². The Bertz CT molecular complexity index is 1250. The number of sulfone groups is 1. The summed E-state index contributed by atoms with van der Waals surface area (Å²) in [5.41, 5.74) is 4.01. The number of carbonyl (C=O) groups excluding carboxylic acids is 1. The van der Waals surface area contributed by atoms with Crippen LogP contribution in [0.2, 0.25) is 0 Å². The van der Waals surface area contributed by atoms with Crippen LogP contribution in [0.15, 0.2) is 41.3 Å². The summed E-state index contributed by atoms with van der Waals surface area (Å²) in [7, 11) is -3.34. The van der Waals surface area contributed by atoms with Gasteiger partial charge in [-0.25, -0.2) is 13.4 Å². The van der Waals surface area contributed by atoms with Crippen molar-refractivity contribution in [3.8, 4) is 0 Å². The van der Waals surface area contributed by atoms with Crippen LogP contribution in [0.5, 0.6) is 0 Å². The van der Waals surface area contributed by atoms with E-state index < -0.39 is 15.1 Å². The number of anilines is 1. The monoisotopic (exact) mass is 537 g/mol. The number of fused-ring (bicyclic) bond motifs is 1. The van der Waals surface area contributed by atoms with Crippen molar-refractivity contribution >= 4 is 54.8 Å². The highest BCUT2D eigenvalue weighted by Crippen LogP contribution is 2.32. The molecule has 0 atom stereocenters. The van der Waals surface area contributed by atoms with Gasteiger partial charge in [-0.1, -0.05) is 43.4 Å². The molecule has 9 heteroatoms. The molecule has 0 unspecified atom stereocenters. The Labute approximate surface area is 219 Å². The first-order chi connectivity index (χ1) is 16.1. The summed E-state index contributed by atoms with van der Waals surface area (Å²) in [4.78, 5) is 22.7. The predicted molar refractivity (Wildman–Crippen MR) is 149 cm³/mol. The van der Waals surface area contributed by atoms with Crippen LogP contribution in [0.4, 0.5) is 5.13 Å². The van der Waals surface area contributed by atoms with Crippen molar-refractivity contribution in [2.45, 2.75) is 58.1 Å². The van der Waals surface area contributed by atoms with Crippen LogP contribution < -0.4 is 4.90 Å². The van der Waals surface area contributed by atoms with E-state index in [1.54, 1.807) is 54.3 Å². The number of thiazole rings is 1. The van der Waals surface area contributed by atoms with Crippen LogP contribution in [0.1, 0.15) is 44.4 Å². The van der Waals surface area contributed by atoms with Crippen molar-refractivity contribution in [3.05, 3.63) is 53.1 Å². The third-order valence-electron chi connectivity index (χ3n) is 6.11. The topological polar surface area (TPSA) is 70.6 Å². The molecule has 192 valence electrons. The van der Waals surface area contributed by atoms with Crippen LogP contribution in [0, 0.1) is 13.8 Å². The second kappa shape index (κ2) is 12.3. The fourth-order valence-electron chi connectivity index (χ4n) is 3.92. The first-order valence-corrected chi connectivity index (χ1v) is 14.2. The quantitative estimate of drug-likeness (QED) is 0.344. The van der Waals surface area contributed by atoms with Gasteiger partial charge in [0.25, 0.3) is 0 Å². The lowest BCUT2D eigenvalue weighted by atomic mass is 10.1. The number of aryl methyl sites for hydroxylation is 2. The van der Waals surface area contributed by atoms with Gasteiger partial charge in [-0.3, -0.25) is 9.69 Å². The Balaban J connectivity index is 0.00000432. The van der Waals surface area contributed by atoms with E-state index in [1.165, 1.54) is 5.56 Å². The van der Waals surface area contributed by atoms with Crippen LogP contribution in [-0.4, -0.2) is 55.6 Å². The molecular formula is C26H36ClN3O3S2. The lowest BCUT2D eigenvalue weighted by Crippen LogP contribution is -2.39. The van der Waals surface area contributed by atoms with Gasteiger partial charge in [0.1, 0.15) is 0 Å². The highest BCUT2D eigenvalue weighted by atomic mass is 35.5. The molecule has 1 amide bonds. The van der Waals surface area contributed by atoms with Crippen molar-refractivity contribution in [2.24, 2.45) is 0 Å². The fraction of sp³-hybridized carbons (Fsp3) is 0.462. The molecule has 0 bridgehead atoms. The van der Waals surface area contributed by atoms with Gasteiger partial charge in [0.2, 0.25) is 5.91 Å². The van der Waals surface area contributed by atoms with Gasteiger partial charge in [0.05, 0.1) is 26.8 Å². The molecule has 2 aromatic carbocycles. The SMILES string of the molecule is CCN(CC)CCN(C(=O)Cc1ccc(S(=O)(=O)C(C)C)cc1)c1nc2c(C)cc(C)cc2s1.Cl. The third kappa shape index (κ3) is 6.82. The normalized spacial score (nSPS) is 11.8. The Morgan fingerprint density at radius 2 is 1.66 bits per heavy atom. The van der Waals surface area contributed by atoms with E-state index >= 15 is 0 Å². The van der Waals surface area contributed by atoms with Gasteiger partial charge in [-0.2, -0.15) is 0 Å². The van der Waals surface area contributed by atoms with Gasteiger partial charge in [-0.15, -0.1) is 12.4 Å². The number of hydrogen-bond donors (Lipinski definition) is 0. The lowest BCUT2D eigenvalue weighted by molar-refractivity contribution is -0.118. The Morgan fingerprint density at radius 1 is 1.03 bits per heavy atom. The summed E-state index contributed by atoms with van der Waals surface area (Å²) in [6, 6.07) is 10.9. The van der Waals surface area contributed by atoms with Crippen LogP contribution in [0.3, 0.4) is 0 Å². The Morgan fingerprint density at radius 3 is 2.23 bits per heavy atom. The number of rotatable bonds is 10. The number of amides is 1. The van der Waals surface area contributed by atoms with E-state index in [9.17, 15) is 13.2 Å². The van der Waals surface area contributed by atoms with E-state index in [0.29, 0.717) is 11.7 Å². The number of hydrogen-bond acceptors (Lipinski definition) is 6. The molecule has 0 radical (unpaired) electrons. The number of aromatic nitrogens is 1. The second-order valence-electron chi connectivity index (χ2n) is 8.91. The first-order valence-electron chi connectivity index (χ1n) is 11.8. The minimum absolute atomic E-state index is 0. The minimum atomic E-state index is -3.34. The van der Waals surface area contributed by atoms with Crippen molar-refractivity contribution < 1.29 is 13.2 Å². The van der Waals surface area contributed by atoms with Crippen molar-refractivity contribution in [3.63, 3.8) is 0 Å². The number of nitrogens with zero attached hydrogens (tertiary/aromatic N) is 3. The summed E-state index contributed by atoms with van der Waals surface area (Å²) in [6.45, 7) is 14.8. The molecule has 3 aromatic rings. The summed E-state index contributed by atoms with van der Waals surface area (Å²) in [6.07, 6.45) is 0.189. The molecule has 1 aromatic heterocycles. The molecule has 0 N–H and O–H groups in total. The number of carbonyl (C=O) groups is 1. The van der Waals surface area contributed by atoms with E-state index in [-0.39, 0.29) is 29.6 Å². The van der Waals surface area contributed by atoms with Crippen LogP contribution in [-0.2, 0) is 21.1 Å².